The summed E-state index contributed by atoms with van der Waals surface area (Å²) in [7, 11) is 0. The van der Waals surface area contributed by atoms with Gasteiger partial charge in [-0.3, -0.25) is 14.6 Å². The van der Waals surface area contributed by atoms with E-state index in [2.05, 4.69) is 10.2 Å². The van der Waals surface area contributed by atoms with Crippen molar-refractivity contribution in [2.75, 3.05) is 32.8 Å². The van der Waals surface area contributed by atoms with Gasteiger partial charge in [-0.15, -0.1) is 0 Å². The summed E-state index contributed by atoms with van der Waals surface area (Å²) in [5.41, 5.74) is 0. The van der Waals surface area contributed by atoms with Gasteiger partial charge in [0.15, 0.2) is 0 Å². The lowest BCUT2D eigenvalue weighted by atomic mass is 9.94. The molecule has 1 saturated carbocycles. The van der Waals surface area contributed by atoms with Gasteiger partial charge in [0.1, 0.15) is 0 Å². The summed E-state index contributed by atoms with van der Waals surface area (Å²) < 4.78 is 0. The summed E-state index contributed by atoms with van der Waals surface area (Å²) in [5, 5.41) is 11.7. The molecule has 0 unspecified atom stereocenters. The van der Waals surface area contributed by atoms with Crippen LogP contribution in [0.3, 0.4) is 0 Å². The highest BCUT2D eigenvalue weighted by Crippen LogP contribution is 2.22. The fraction of sp³-hybridized carbons (Fsp3) is 0.846. The minimum Gasteiger partial charge on any atom is -0.395 e. The number of hydrogen-bond donors (Lipinski definition) is 2. The summed E-state index contributed by atoms with van der Waals surface area (Å²) in [4.78, 5) is 26.5. The third kappa shape index (κ3) is 3.67. The number of rotatable bonds is 6. The molecule has 0 spiro atoms. The van der Waals surface area contributed by atoms with Crippen molar-refractivity contribution in [1.82, 2.24) is 15.1 Å². The van der Waals surface area contributed by atoms with Crippen LogP contribution in [0.1, 0.15) is 32.1 Å². The highest BCUT2D eigenvalue weighted by Gasteiger charge is 2.29. The smallest absolute Gasteiger partial charge is 0.324 e. The van der Waals surface area contributed by atoms with E-state index < -0.39 is 0 Å². The predicted octanol–water partition coefficient (Wildman–Crippen LogP) is 0.165. The second-order valence-corrected chi connectivity index (χ2v) is 5.26. The molecule has 6 nitrogen and oxygen atoms in total. The first kappa shape index (κ1) is 14.3. The van der Waals surface area contributed by atoms with E-state index in [0.717, 1.165) is 12.8 Å². The number of urea groups is 1. The standard InChI is InChI=1S/C13H23N3O3/c17-9-8-15(11-4-2-1-3-5-11)6-7-16-12(18)10-14-13(16)19/h11,17H,1-10H2,(H,14,19). The van der Waals surface area contributed by atoms with Gasteiger partial charge in [0, 0.05) is 25.7 Å². The molecule has 0 aromatic rings. The van der Waals surface area contributed by atoms with Gasteiger partial charge in [-0.1, -0.05) is 19.3 Å². The normalized spacial score (nSPS) is 21.3. The average Bonchev–Trinajstić information content (AvgIpc) is 2.75. The molecule has 0 atom stereocenters. The van der Waals surface area contributed by atoms with Crippen molar-refractivity contribution < 1.29 is 14.7 Å². The summed E-state index contributed by atoms with van der Waals surface area (Å²) >= 11 is 0. The van der Waals surface area contributed by atoms with Crippen LogP contribution in [0.4, 0.5) is 4.79 Å². The molecule has 0 radical (unpaired) electrons. The molecule has 1 saturated heterocycles. The molecule has 0 aromatic carbocycles. The van der Waals surface area contributed by atoms with Crippen LogP contribution in [0.15, 0.2) is 0 Å². The van der Waals surface area contributed by atoms with Gasteiger partial charge in [-0.05, 0) is 12.8 Å². The van der Waals surface area contributed by atoms with Gasteiger partial charge >= 0.3 is 6.03 Å². The molecule has 19 heavy (non-hydrogen) atoms. The third-order valence-corrected chi connectivity index (χ3v) is 4.03. The number of hydrogen-bond acceptors (Lipinski definition) is 4. The number of imide groups is 1. The molecule has 1 aliphatic carbocycles. The van der Waals surface area contributed by atoms with Gasteiger partial charge < -0.3 is 10.4 Å². The SMILES string of the molecule is O=C1CNC(=O)N1CCN(CCO)C1CCCCC1. The molecule has 6 heteroatoms. The van der Waals surface area contributed by atoms with Crippen molar-refractivity contribution in [3.63, 3.8) is 0 Å². The molecule has 2 rings (SSSR count). The lowest BCUT2D eigenvalue weighted by molar-refractivity contribution is -0.125. The zero-order valence-electron chi connectivity index (χ0n) is 11.3. The minimum atomic E-state index is -0.294. The molecule has 1 heterocycles. The van der Waals surface area contributed by atoms with Crippen LogP contribution in [-0.2, 0) is 4.79 Å². The van der Waals surface area contributed by atoms with E-state index >= 15 is 0 Å². The Bertz CT molecular complexity index is 313. The summed E-state index contributed by atoms with van der Waals surface area (Å²) in [5.74, 6) is -0.155. The topological polar surface area (TPSA) is 72.9 Å². The maximum atomic E-state index is 11.5. The molecular weight excluding hydrogens is 246 g/mol. The van der Waals surface area contributed by atoms with Crippen LogP contribution in [0.25, 0.3) is 0 Å². The third-order valence-electron chi connectivity index (χ3n) is 4.03. The van der Waals surface area contributed by atoms with Crippen molar-refractivity contribution in [2.45, 2.75) is 38.1 Å². The van der Waals surface area contributed by atoms with Crippen LogP contribution in [0.5, 0.6) is 0 Å². The van der Waals surface area contributed by atoms with Gasteiger partial charge in [0.05, 0.1) is 13.2 Å². The van der Waals surface area contributed by atoms with Crippen LogP contribution < -0.4 is 5.32 Å². The van der Waals surface area contributed by atoms with E-state index in [9.17, 15) is 9.59 Å². The largest absolute Gasteiger partial charge is 0.395 e. The number of aliphatic hydroxyl groups is 1. The molecule has 2 aliphatic rings. The zero-order valence-corrected chi connectivity index (χ0v) is 11.3. The molecule has 108 valence electrons. The Balaban J connectivity index is 1.85. The van der Waals surface area contributed by atoms with E-state index in [1.54, 1.807) is 0 Å². The Morgan fingerprint density at radius 1 is 1.21 bits per heavy atom. The van der Waals surface area contributed by atoms with Gasteiger partial charge in [0.25, 0.3) is 0 Å². The zero-order chi connectivity index (χ0) is 13.7. The molecule has 3 amide bonds. The minimum absolute atomic E-state index is 0.113. The second kappa shape index (κ2) is 6.86. The highest BCUT2D eigenvalue weighted by molar-refractivity contribution is 6.01. The van der Waals surface area contributed by atoms with E-state index in [4.69, 9.17) is 5.11 Å². The summed E-state index contributed by atoms with van der Waals surface area (Å²) in [6.45, 7) is 1.93. The van der Waals surface area contributed by atoms with E-state index in [0.29, 0.717) is 25.7 Å². The number of carbonyl (C=O) groups is 2. The summed E-state index contributed by atoms with van der Waals surface area (Å²) in [6, 6.07) is 0.194. The number of amides is 3. The van der Waals surface area contributed by atoms with Crippen LogP contribution in [0, 0.1) is 0 Å². The Kier molecular flexibility index (Phi) is 5.15. The van der Waals surface area contributed by atoms with Crippen molar-refractivity contribution in [3.8, 4) is 0 Å². The van der Waals surface area contributed by atoms with Gasteiger partial charge in [-0.2, -0.15) is 0 Å². The summed E-state index contributed by atoms with van der Waals surface area (Å²) in [6.07, 6.45) is 6.06. The molecule has 2 fully saturated rings. The molecular formula is C13H23N3O3. The quantitative estimate of drug-likeness (QED) is 0.674. The maximum Gasteiger partial charge on any atom is 0.324 e. The molecule has 0 bridgehead atoms. The Hall–Kier alpha value is -1.14. The number of carbonyl (C=O) groups excluding carboxylic acids is 2. The van der Waals surface area contributed by atoms with Crippen molar-refractivity contribution >= 4 is 11.9 Å². The Labute approximate surface area is 113 Å². The van der Waals surface area contributed by atoms with Crippen molar-refractivity contribution in [3.05, 3.63) is 0 Å². The second-order valence-electron chi connectivity index (χ2n) is 5.26. The predicted molar refractivity (Wildman–Crippen MR) is 70.6 cm³/mol. The number of nitrogens with zero attached hydrogens (tertiary/aromatic N) is 2. The van der Waals surface area contributed by atoms with Crippen LogP contribution in [-0.4, -0.2) is 65.7 Å². The first-order chi connectivity index (χ1) is 9.22. The lowest BCUT2D eigenvalue weighted by Gasteiger charge is -2.34. The van der Waals surface area contributed by atoms with E-state index in [1.165, 1.54) is 24.2 Å². The van der Waals surface area contributed by atoms with E-state index in [1.807, 2.05) is 0 Å². The Morgan fingerprint density at radius 2 is 1.95 bits per heavy atom. The highest BCUT2D eigenvalue weighted by atomic mass is 16.3. The molecule has 2 N–H and O–H groups in total. The fourth-order valence-corrected chi connectivity index (χ4v) is 2.96. The number of aliphatic hydroxyl groups excluding tert-OH is 1. The maximum absolute atomic E-state index is 11.5. The molecule has 1 aliphatic heterocycles. The first-order valence-electron chi connectivity index (χ1n) is 7.15. The average molecular weight is 269 g/mol. The van der Waals surface area contributed by atoms with E-state index in [-0.39, 0.29) is 25.1 Å². The van der Waals surface area contributed by atoms with Gasteiger partial charge in [-0.25, -0.2) is 4.79 Å². The van der Waals surface area contributed by atoms with Gasteiger partial charge in [0.2, 0.25) is 5.91 Å². The number of nitrogens with one attached hydrogen (secondary N) is 1. The first-order valence-corrected chi connectivity index (χ1v) is 7.15. The van der Waals surface area contributed by atoms with Crippen molar-refractivity contribution in [2.24, 2.45) is 0 Å². The van der Waals surface area contributed by atoms with Crippen molar-refractivity contribution in [1.29, 1.82) is 0 Å². The Morgan fingerprint density at radius 3 is 2.53 bits per heavy atom. The van der Waals surface area contributed by atoms with Crippen LogP contribution in [0.2, 0.25) is 0 Å². The van der Waals surface area contributed by atoms with Crippen LogP contribution >= 0.6 is 0 Å². The molecule has 0 aromatic heterocycles. The fourth-order valence-electron chi connectivity index (χ4n) is 2.96. The lowest BCUT2D eigenvalue weighted by Crippen LogP contribution is -2.44. The monoisotopic (exact) mass is 269 g/mol.